The Bertz CT molecular complexity index is 982. The van der Waals surface area contributed by atoms with E-state index in [1.54, 1.807) is 43.5 Å². The quantitative estimate of drug-likeness (QED) is 0.511. The Morgan fingerprint density at radius 1 is 1.00 bits per heavy atom. The van der Waals surface area contributed by atoms with Gasteiger partial charge in [-0.25, -0.2) is 4.39 Å². The number of para-hydroxylation sites is 1. The van der Waals surface area contributed by atoms with E-state index in [0.29, 0.717) is 29.2 Å². The molecule has 0 heterocycles. The lowest BCUT2D eigenvalue weighted by Gasteiger charge is -2.13. The molecule has 26 heavy (non-hydrogen) atoms. The van der Waals surface area contributed by atoms with Crippen LogP contribution in [0.5, 0.6) is 11.5 Å². The molecule has 0 spiro atoms. The molecule has 0 saturated carbocycles. The zero-order valence-electron chi connectivity index (χ0n) is 14.0. The van der Waals surface area contributed by atoms with E-state index in [9.17, 15) is 9.65 Å². The molecule has 130 valence electrons. The molecule has 3 aromatic carbocycles. The van der Waals surface area contributed by atoms with Crippen molar-refractivity contribution in [3.63, 3.8) is 0 Å². The molecule has 0 bridgehead atoms. The average Bonchev–Trinajstić information content (AvgIpc) is 2.64. The van der Waals surface area contributed by atoms with Gasteiger partial charge in [0.05, 0.1) is 11.1 Å². The van der Waals surface area contributed by atoms with Gasteiger partial charge in [0, 0.05) is 18.2 Å². The van der Waals surface area contributed by atoms with E-state index >= 15 is 0 Å². The third kappa shape index (κ3) is 3.77. The topological polar surface area (TPSA) is 42.2 Å². The highest BCUT2D eigenvalue weighted by molar-refractivity contribution is 9.10. The number of benzene rings is 3. The van der Waals surface area contributed by atoms with Crippen molar-refractivity contribution in [2.45, 2.75) is 6.61 Å². The normalized spacial score (nSPS) is 10.4. The van der Waals surface area contributed by atoms with Crippen LogP contribution in [0.3, 0.4) is 0 Å². The maximum Gasteiger partial charge on any atom is 0.145 e. The van der Waals surface area contributed by atoms with E-state index in [1.165, 1.54) is 6.07 Å². The third-order valence-electron chi connectivity index (χ3n) is 3.83. The van der Waals surface area contributed by atoms with Crippen LogP contribution in [0.1, 0.15) is 11.1 Å². The Kier molecular flexibility index (Phi) is 5.67. The molecule has 0 N–H and O–H groups in total. The number of methoxy groups -OCH3 is 1. The standard InChI is InChI=1S/C21H15BrFNO2/c1-25-13-14-9-10-16(19(23)11-14)15-5-4-8-20(17(15)12-24)26-21-7-3-2-6-18(21)22/h2-11H,13H2,1H3. The molecule has 0 unspecified atom stereocenters. The molecule has 0 radical (unpaired) electrons. The van der Waals surface area contributed by atoms with Gasteiger partial charge in [-0.3, -0.25) is 0 Å². The monoisotopic (exact) mass is 411 g/mol. The number of hydrogen-bond acceptors (Lipinski definition) is 3. The summed E-state index contributed by atoms with van der Waals surface area (Å²) >= 11 is 3.42. The molecule has 0 aliphatic carbocycles. The minimum Gasteiger partial charge on any atom is -0.455 e. The lowest BCUT2D eigenvalue weighted by Crippen LogP contribution is -1.95. The van der Waals surface area contributed by atoms with E-state index in [1.807, 2.05) is 18.2 Å². The smallest absolute Gasteiger partial charge is 0.145 e. The maximum absolute atomic E-state index is 14.6. The number of nitriles is 1. The summed E-state index contributed by atoms with van der Waals surface area (Å²) in [6.07, 6.45) is 0. The second-order valence-electron chi connectivity index (χ2n) is 5.57. The van der Waals surface area contributed by atoms with Gasteiger partial charge in [-0.1, -0.05) is 36.4 Å². The van der Waals surface area contributed by atoms with Crippen LogP contribution >= 0.6 is 15.9 Å². The largest absolute Gasteiger partial charge is 0.455 e. The average molecular weight is 412 g/mol. The number of hydrogen-bond donors (Lipinski definition) is 0. The molecule has 0 amide bonds. The van der Waals surface area contributed by atoms with Crippen LogP contribution in [0.15, 0.2) is 65.1 Å². The van der Waals surface area contributed by atoms with Crippen molar-refractivity contribution < 1.29 is 13.9 Å². The number of rotatable bonds is 5. The predicted molar refractivity (Wildman–Crippen MR) is 101 cm³/mol. The van der Waals surface area contributed by atoms with Gasteiger partial charge in [0.15, 0.2) is 0 Å². The minimum absolute atomic E-state index is 0.279. The van der Waals surface area contributed by atoms with Crippen molar-refractivity contribution in [2.75, 3.05) is 7.11 Å². The summed E-state index contributed by atoms with van der Waals surface area (Å²) in [6, 6.07) is 19.5. The summed E-state index contributed by atoms with van der Waals surface area (Å²) in [4.78, 5) is 0. The van der Waals surface area contributed by atoms with Gasteiger partial charge in [-0.15, -0.1) is 0 Å². The van der Waals surface area contributed by atoms with Crippen LogP contribution in [0.25, 0.3) is 11.1 Å². The van der Waals surface area contributed by atoms with Crippen molar-refractivity contribution in [3.8, 4) is 28.7 Å². The SMILES string of the molecule is COCc1ccc(-c2cccc(Oc3ccccc3Br)c2C#N)c(F)c1. The van der Waals surface area contributed by atoms with Crippen LogP contribution in [0.2, 0.25) is 0 Å². The maximum atomic E-state index is 14.6. The van der Waals surface area contributed by atoms with Crippen molar-refractivity contribution >= 4 is 15.9 Å². The zero-order chi connectivity index (χ0) is 18.5. The first kappa shape index (κ1) is 18.1. The fourth-order valence-corrected chi connectivity index (χ4v) is 3.00. The summed E-state index contributed by atoms with van der Waals surface area (Å²) in [6.45, 7) is 0.327. The van der Waals surface area contributed by atoms with Gasteiger partial charge >= 0.3 is 0 Å². The van der Waals surface area contributed by atoms with Crippen molar-refractivity contribution in [3.05, 3.63) is 82.1 Å². The first-order valence-electron chi connectivity index (χ1n) is 7.87. The van der Waals surface area contributed by atoms with Crippen LogP contribution in [0.4, 0.5) is 4.39 Å². The first-order chi connectivity index (χ1) is 12.6. The molecule has 0 fully saturated rings. The summed E-state index contributed by atoms with van der Waals surface area (Å²) in [7, 11) is 1.56. The molecular formula is C21H15BrFNO2. The van der Waals surface area contributed by atoms with Gasteiger partial charge in [-0.2, -0.15) is 5.26 Å². The van der Waals surface area contributed by atoms with Crippen molar-refractivity contribution in [1.29, 1.82) is 5.26 Å². The summed E-state index contributed by atoms with van der Waals surface area (Å²) < 4.78 is 26.3. The van der Waals surface area contributed by atoms with Gasteiger partial charge < -0.3 is 9.47 Å². The zero-order valence-corrected chi connectivity index (χ0v) is 15.6. The second-order valence-corrected chi connectivity index (χ2v) is 6.42. The molecular weight excluding hydrogens is 397 g/mol. The first-order valence-corrected chi connectivity index (χ1v) is 8.66. The van der Waals surface area contributed by atoms with E-state index in [0.717, 1.165) is 10.0 Å². The highest BCUT2D eigenvalue weighted by atomic mass is 79.9. The summed E-state index contributed by atoms with van der Waals surface area (Å²) in [5.41, 5.74) is 1.84. The molecule has 3 aromatic rings. The Hall–Kier alpha value is -2.68. The van der Waals surface area contributed by atoms with Crippen LogP contribution < -0.4 is 4.74 Å². The van der Waals surface area contributed by atoms with E-state index in [-0.39, 0.29) is 5.56 Å². The van der Waals surface area contributed by atoms with E-state index in [2.05, 4.69) is 22.0 Å². The highest BCUT2D eigenvalue weighted by Gasteiger charge is 2.16. The molecule has 0 aromatic heterocycles. The molecule has 0 saturated heterocycles. The molecule has 0 atom stereocenters. The number of halogens is 2. The van der Waals surface area contributed by atoms with Crippen LogP contribution in [-0.4, -0.2) is 7.11 Å². The molecule has 0 aliphatic rings. The fraction of sp³-hybridized carbons (Fsp3) is 0.0952. The Labute approximate surface area is 159 Å². The van der Waals surface area contributed by atoms with Gasteiger partial charge in [0.2, 0.25) is 0 Å². The van der Waals surface area contributed by atoms with Gasteiger partial charge in [-0.05, 0) is 45.8 Å². The summed E-state index contributed by atoms with van der Waals surface area (Å²) in [5.74, 6) is 0.545. The number of ether oxygens (including phenoxy) is 2. The Morgan fingerprint density at radius 3 is 2.46 bits per heavy atom. The molecule has 3 nitrogen and oxygen atoms in total. The lowest BCUT2D eigenvalue weighted by molar-refractivity contribution is 0.184. The van der Waals surface area contributed by atoms with Crippen LogP contribution in [-0.2, 0) is 11.3 Å². The van der Waals surface area contributed by atoms with Gasteiger partial charge in [0.1, 0.15) is 28.9 Å². The Balaban J connectivity index is 2.05. The third-order valence-corrected chi connectivity index (χ3v) is 4.48. The fourth-order valence-electron chi connectivity index (χ4n) is 2.64. The lowest BCUT2D eigenvalue weighted by atomic mass is 9.98. The molecule has 3 rings (SSSR count). The summed E-state index contributed by atoms with van der Waals surface area (Å²) in [5, 5.41) is 9.65. The van der Waals surface area contributed by atoms with Gasteiger partial charge in [0.25, 0.3) is 0 Å². The van der Waals surface area contributed by atoms with Crippen molar-refractivity contribution in [1.82, 2.24) is 0 Å². The Morgan fingerprint density at radius 2 is 1.77 bits per heavy atom. The van der Waals surface area contributed by atoms with Crippen molar-refractivity contribution in [2.24, 2.45) is 0 Å². The second kappa shape index (κ2) is 8.13. The minimum atomic E-state index is -0.408. The molecule has 0 aliphatic heterocycles. The van der Waals surface area contributed by atoms with E-state index < -0.39 is 5.82 Å². The highest BCUT2D eigenvalue weighted by Crippen LogP contribution is 2.36. The van der Waals surface area contributed by atoms with Crippen LogP contribution in [0, 0.1) is 17.1 Å². The molecule has 5 heteroatoms. The van der Waals surface area contributed by atoms with E-state index in [4.69, 9.17) is 9.47 Å². The predicted octanol–water partition coefficient (Wildman–Crippen LogP) is 6.07. The number of nitrogens with zero attached hydrogens (tertiary/aromatic N) is 1.